The maximum Gasteiger partial charge on any atom is 0.257 e. The van der Waals surface area contributed by atoms with Crippen LogP contribution in [0.5, 0.6) is 0 Å². The second-order valence-corrected chi connectivity index (χ2v) is 7.60. The van der Waals surface area contributed by atoms with Crippen molar-refractivity contribution in [2.24, 2.45) is 0 Å². The molecule has 2 heterocycles. The number of anilines is 2. The summed E-state index contributed by atoms with van der Waals surface area (Å²) in [7, 11) is 0. The first-order chi connectivity index (χ1) is 15.0. The highest BCUT2D eigenvalue weighted by Crippen LogP contribution is 2.33. The van der Waals surface area contributed by atoms with E-state index in [0.29, 0.717) is 28.6 Å². The average molecular weight is 433 g/mol. The molecule has 0 aliphatic rings. The molecule has 0 fully saturated rings. The molecule has 0 radical (unpaired) electrons. The molecule has 0 aliphatic carbocycles. The first kappa shape index (κ1) is 20.8. The van der Waals surface area contributed by atoms with Crippen LogP contribution in [0.25, 0.3) is 22.0 Å². The van der Waals surface area contributed by atoms with Crippen LogP contribution < -0.4 is 10.6 Å². The van der Waals surface area contributed by atoms with E-state index in [1.54, 1.807) is 37.4 Å². The van der Waals surface area contributed by atoms with Gasteiger partial charge < -0.3 is 15.7 Å². The fourth-order valence-corrected chi connectivity index (χ4v) is 3.41. The van der Waals surface area contributed by atoms with Gasteiger partial charge in [-0.3, -0.25) is 9.78 Å². The van der Waals surface area contributed by atoms with Gasteiger partial charge in [0.1, 0.15) is 5.82 Å². The summed E-state index contributed by atoms with van der Waals surface area (Å²) in [4.78, 5) is 21.4. The number of pyridine rings is 2. The van der Waals surface area contributed by atoms with Crippen molar-refractivity contribution in [2.45, 2.75) is 13.0 Å². The van der Waals surface area contributed by atoms with Gasteiger partial charge in [-0.25, -0.2) is 4.98 Å². The number of fused-ring (bicyclic) bond motifs is 1. The van der Waals surface area contributed by atoms with E-state index in [2.05, 4.69) is 20.6 Å². The second-order valence-electron chi connectivity index (χ2n) is 7.19. The molecule has 1 atom stereocenters. The largest absolute Gasteiger partial charge is 0.392 e. The SMILES string of the molecule is C[C@@H](O)CNc1ccc(C(=O)Nc2ccc(Cl)c(-c3nccc4ccccc34)c2)cn1. The fraction of sp³-hybridized carbons (Fsp3) is 0.125. The number of aliphatic hydroxyl groups excluding tert-OH is 1. The number of carbonyl (C=O) groups excluding carboxylic acids is 1. The normalized spacial score (nSPS) is 11.8. The minimum atomic E-state index is -0.486. The molecule has 31 heavy (non-hydrogen) atoms. The smallest absolute Gasteiger partial charge is 0.257 e. The Kier molecular flexibility index (Phi) is 6.11. The van der Waals surface area contributed by atoms with Crippen LogP contribution >= 0.6 is 11.6 Å². The van der Waals surface area contributed by atoms with E-state index in [1.165, 1.54) is 6.20 Å². The summed E-state index contributed by atoms with van der Waals surface area (Å²) in [6, 6.07) is 18.6. The van der Waals surface area contributed by atoms with Crippen molar-refractivity contribution in [3.8, 4) is 11.3 Å². The van der Waals surface area contributed by atoms with E-state index >= 15 is 0 Å². The third-order valence-corrected chi connectivity index (χ3v) is 5.09. The number of carbonyl (C=O) groups is 1. The Morgan fingerprint density at radius 1 is 1.10 bits per heavy atom. The Balaban J connectivity index is 1.57. The summed E-state index contributed by atoms with van der Waals surface area (Å²) in [5, 5.41) is 17.8. The summed E-state index contributed by atoms with van der Waals surface area (Å²) in [5.74, 6) is 0.307. The molecule has 4 aromatic rings. The Hall–Kier alpha value is -3.48. The number of hydrogen-bond acceptors (Lipinski definition) is 5. The van der Waals surface area contributed by atoms with Gasteiger partial charge in [0.15, 0.2) is 0 Å². The summed E-state index contributed by atoms with van der Waals surface area (Å²) in [6.07, 6.45) is 2.75. The third-order valence-electron chi connectivity index (χ3n) is 4.76. The van der Waals surface area contributed by atoms with Crippen LogP contribution in [-0.2, 0) is 0 Å². The number of halogens is 1. The number of nitrogens with zero attached hydrogens (tertiary/aromatic N) is 2. The summed E-state index contributed by atoms with van der Waals surface area (Å²) < 4.78 is 0. The van der Waals surface area contributed by atoms with Crippen LogP contribution in [0.4, 0.5) is 11.5 Å². The highest BCUT2D eigenvalue weighted by atomic mass is 35.5. The highest BCUT2D eigenvalue weighted by molar-refractivity contribution is 6.33. The number of benzene rings is 2. The molecule has 0 unspecified atom stereocenters. The summed E-state index contributed by atoms with van der Waals surface area (Å²) in [6.45, 7) is 2.07. The second kappa shape index (κ2) is 9.12. The molecule has 7 heteroatoms. The number of hydrogen-bond donors (Lipinski definition) is 3. The maximum absolute atomic E-state index is 12.7. The predicted octanol–water partition coefficient (Wildman–Crippen LogP) is 5.00. The Morgan fingerprint density at radius 3 is 2.71 bits per heavy atom. The van der Waals surface area contributed by atoms with Gasteiger partial charge in [0, 0.05) is 35.6 Å². The Bertz CT molecular complexity index is 1220. The standard InChI is InChI=1S/C24H21ClN4O2/c1-15(30)13-27-22-9-6-17(14-28-22)24(31)29-18-7-8-21(25)20(12-18)23-19-5-3-2-4-16(19)10-11-26-23/h2-12,14-15,30H,13H2,1H3,(H,27,28)(H,29,31)/t15-/m1/s1. The molecule has 2 aromatic heterocycles. The lowest BCUT2D eigenvalue weighted by Gasteiger charge is -2.11. The first-order valence-corrected chi connectivity index (χ1v) is 10.2. The van der Waals surface area contributed by atoms with Gasteiger partial charge in [-0.1, -0.05) is 35.9 Å². The molecule has 156 valence electrons. The van der Waals surface area contributed by atoms with E-state index in [0.717, 1.165) is 22.0 Å². The van der Waals surface area contributed by atoms with E-state index in [9.17, 15) is 9.90 Å². The number of aromatic nitrogens is 2. The van der Waals surface area contributed by atoms with Gasteiger partial charge in [-0.05, 0) is 48.7 Å². The molecule has 0 saturated heterocycles. The summed E-state index contributed by atoms with van der Waals surface area (Å²) in [5.41, 5.74) is 2.53. The van der Waals surface area contributed by atoms with E-state index in [4.69, 9.17) is 11.6 Å². The Labute approximate surface area is 184 Å². The zero-order chi connectivity index (χ0) is 21.8. The van der Waals surface area contributed by atoms with E-state index in [-0.39, 0.29) is 5.91 Å². The highest BCUT2D eigenvalue weighted by Gasteiger charge is 2.12. The minimum Gasteiger partial charge on any atom is -0.392 e. The number of amides is 1. The fourth-order valence-electron chi connectivity index (χ4n) is 3.21. The first-order valence-electron chi connectivity index (χ1n) is 9.84. The molecular weight excluding hydrogens is 412 g/mol. The van der Waals surface area contributed by atoms with Gasteiger partial charge >= 0.3 is 0 Å². The van der Waals surface area contributed by atoms with Crippen LogP contribution in [0.1, 0.15) is 17.3 Å². The molecule has 4 rings (SSSR count). The number of rotatable bonds is 6. The van der Waals surface area contributed by atoms with Crippen LogP contribution in [0.15, 0.2) is 73.1 Å². The monoisotopic (exact) mass is 432 g/mol. The zero-order valence-electron chi connectivity index (χ0n) is 16.8. The third kappa shape index (κ3) is 4.82. The quantitative estimate of drug-likeness (QED) is 0.399. The molecule has 0 spiro atoms. The van der Waals surface area contributed by atoms with Gasteiger partial charge in [0.2, 0.25) is 0 Å². The lowest BCUT2D eigenvalue weighted by molar-refractivity contribution is 0.102. The average Bonchev–Trinajstić information content (AvgIpc) is 2.79. The van der Waals surface area contributed by atoms with Gasteiger partial charge in [0.25, 0.3) is 5.91 Å². The van der Waals surface area contributed by atoms with Crippen LogP contribution in [0.3, 0.4) is 0 Å². The molecule has 1 amide bonds. The number of nitrogens with one attached hydrogen (secondary N) is 2. The van der Waals surface area contributed by atoms with Crippen LogP contribution in [-0.4, -0.2) is 33.6 Å². The van der Waals surface area contributed by atoms with Crippen molar-refractivity contribution >= 4 is 39.8 Å². The molecule has 6 nitrogen and oxygen atoms in total. The maximum atomic E-state index is 12.7. The van der Waals surface area contributed by atoms with Crippen molar-refractivity contribution in [3.63, 3.8) is 0 Å². The Morgan fingerprint density at radius 2 is 1.94 bits per heavy atom. The topological polar surface area (TPSA) is 87.1 Å². The summed E-state index contributed by atoms with van der Waals surface area (Å²) >= 11 is 6.47. The van der Waals surface area contributed by atoms with Crippen molar-refractivity contribution in [1.29, 1.82) is 0 Å². The van der Waals surface area contributed by atoms with Gasteiger partial charge in [-0.15, -0.1) is 0 Å². The van der Waals surface area contributed by atoms with Gasteiger partial charge in [-0.2, -0.15) is 0 Å². The van der Waals surface area contributed by atoms with Crippen LogP contribution in [0.2, 0.25) is 5.02 Å². The minimum absolute atomic E-state index is 0.284. The van der Waals surface area contributed by atoms with E-state index in [1.807, 2.05) is 36.4 Å². The molecule has 0 saturated carbocycles. The van der Waals surface area contributed by atoms with Crippen molar-refractivity contribution < 1.29 is 9.90 Å². The molecule has 2 aromatic carbocycles. The lowest BCUT2D eigenvalue weighted by Crippen LogP contribution is -2.16. The van der Waals surface area contributed by atoms with Crippen molar-refractivity contribution in [3.05, 3.63) is 83.6 Å². The van der Waals surface area contributed by atoms with Crippen LogP contribution in [0, 0.1) is 0 Å². The lowest BCUT2D eigenvalue weighted by atomic mass is 10.0. The predicted molar refractivity (Wildman–Crippen MR) is 125 cm³/mol. The number of aliphatic hydroxyl groups is 1. The van der Waals surface area contributed by atoms with Crippen molar-refractivity contribution in [1.82, 2.24) is 9.97 Å². The molecule has 0 bridgehead atoms. The molecular formula is C24H21ClN4O2. The molecule has 0 aliphatic heterocycles. The van der Waals surface area contributed by atoms with Gasteiger partial charge in [0.05, 0.1) is 22.4 Å². The van der Waals surface area contributed by atoms with E-state index < -0.39 is 6.10 Å². The van der Waals surface area contributed by atoms with Crippen molar-refractivity contribution in [2.75, 3.05) is 17.2 Å². The molecule has 3 N–H and O–H groups in total. The zero-order valence-corrected chi connectivity index (χ0v) is 17.6.